The number of amides is 1. The van der Waals surface area contributed by atoms with E-state index in [2.05, 4.69) is 5.32 Å². The monoisotopic (exact) mass is 402 g/mol. The van der Waals surface area contributed by atoms with Gasteiger partial charge in [0, 0.05) is 31.3 Å². The summed E-state index contributed by atoms with van der Waals surface area (Å²) in [5.41, 5.74) is 3.27. The van der Waals surface area contributed by atoms with Gasteiger partial charge in [-0.2, -0.15) is 0 Å². The Kier molecular flexibility index (Phi) is 7.10. The number of benzene rings is 2. The minimum absolute atomic E-state index is 0.118. The van der Waals surface area contributed by atoms with Crippen LogP contribution in [-0.2, 0) is 14.8 Å². The molecule has 0 radical (unpaired) electrons. The van der Waals surface area contributed by atoms with E-state index in [9.17, 15) is 18.0 Å². The Morgan fingerprint density at radius 3 is 2.29 bits per heavy atom. The van der Waals surface area contributed by atoms with Crippen LogP contribution >= 0.6 is 0 Å². The molecule has 0 aromatic heterocycles. The Morgan fingerprint density at radius 1 is 1.04 bits per heavy atom. The van der Waals surface area contributed by atoms with E-state index in [1.54, 1.807) is 0 Å². The quantitative estimate of drug-likeness (QED) is 0.685. The topological polar surface area (TPSA) is 83.6 Å². The van der Waals surface area contributed by atoms with Crippen molar-refractivity contribution in [1.82, 2.24) is 4.31 Å². The van der Waals surface area contributed by atoms with Gasteiger partial charge in [-0.25, -0.2) is 12.7 Å². The molecule has 2 rings (SSSR count). The number of nitrogens with zero attached hydrogens (tertiary/aromatic N) is 1. The molecule has 0 saturated carbocycles. The van der Waals surface area contributed by atoms with Crippen molar-refractivity contribution in [2.24, 2.45) is 0 Å². The summed E-state index contributed by atoms with van der Waals surface area (Å²) >= 11 is 0. The SMILES string of the molecule is CC(=O)c1ccc(S(=O)(=O)N(C)CCCC(=O)Nc2cc(C)ccc2C)cc1. The van der Waals surface area contributed by atoms with Gasteiger partial charge in [-0.05, 0) is 56.5 Å². The van der Waals surface area contributed by atoms with Crippen molar-refractivity contribution in [1.29, 1.82) is 0 Å². The lowest BCUT2D eigenvalue weighted by Gasteiger charge is -2.17. The number of nitrogens with one attached hydrogen (secondary N) is 1. The number of Topliss-reactive ketones (excluding diaryl/α,β-unsaturated/α-hetero) is 1. The molecule has 0 saturated heterocycles. The smallest absolute Gasteiger partial charge is 0.242 e. The second-order valence-corrected chi connectivity index (χ2v) is 8.92. The zero-order valence-corrected chi connectivity index (χ0v) is 17.5. The van der Waals surface area contributed by atoms with Gasteiger partial charge in [0.1, 0.15) is 0 Å². The van der Waals surface area contributed by atoms with Crippen molar-refractivity contribution in [2.45, 2.75) is 38.5 Å². The molecule has 28 heavy (non-hydrogen) atoms. The van der Waals surface area contributed by atoms with Gasteiger partial charge in [-0.15, -0.1) is 0 Å². The summed E-state index contributed by atoms with van der Waals surface area (Å²) in [5, 5.41) is 2.87. The van der Waals surface area contributed by atoms with E-state index >= 15 is 0 Å². The van der Waals surface area contributed by atoms with Gasteiger partial charge < -0.3 is 5.32 Å². The largest absolute Gasteiger partial charge is 0.326 e. The Labute approximate surface area is 166 Å². The summed E-state index contributed by atoms with van der Waals surface area (Å²) in [6, 6.07) is 11.7. The molecule has 0 fully saturated rings. The van der Waals surface area contributed by atoms with Crippen molar-refractivity contribution in [3.05, 3.63) is 59.2 Å². The van der Waals surface area contributed by atoms with Gasteiger partial charge in [0.05, 0.1) is 4.90 Å². The Morgan fingerprint density at radius 2 is 1.68 bits per heavy atom. The highest BCUT2D eigenvalue weighted by atomic mass is 32.2. The van der Waals surface area contributed by atoms with E-state index in [1.807, 2.05) is 32.0 Å². The molecule has 0 spiro atoms. The number of ketones is 1. The van der Waals surface area contributed by atoms with E-state index in [0.717, 1.165) is 16.8 Å². The highest BCUT2D eigenvalue weighted by molar-refractivity contribution is 7.89. The third-order valence-electron chi connectivity index (χ3n) is 4.51. The number of hydrogen-bond donors (Lipinski definition) is 1. The first kappa shape index (κ1) is 21.8. The molecule has 2 aromatic rings. The maximum atomic E-state index is 12.6. The Hall–Kier alpha value is -2.51. The zero-order valence-electron chi connectivity index (χ0n) is 16.7. The first-order valence-electron chi connectivity index (χ1n) is 9.05. The fourth-order valence-electron chi connectivity index (χ4n) is 2.71. The van der Waals surface area contributed by atoms with Crippen LogP contribution in [0.4, 0.5) is 5.69 Å². The van der Waals surface area contributed by atoms with Crippen LogP contribution in [0.2, 0.25) is 0 Å². The fraction of sp³-hybridized carbons (Fsp3) is 0.333. The van der Waals surface area contributed by atoms with E-state index < -0.39 is 10.0 Å². The first-order valence-corrected chi connectivity index (χ1v) is 10.5. The second kappa shape index (κ2) is 9.12. The lowest BCUT2D eigenvalue weighted by molar-refractivity contribution is -0.116. The normalized spacial score (nSPS) is 11.5. The number of sulfonamides is 1. The maximum Gasteiger partial charge on any atom is 0.242 e. The average molecular weight is 403 g/mol. The van der Waals surface area contributed by atoms with Crippen LogP contribution in [0.3, 0.4) is 0 Å². The van der Waals surface area contributed by atoms with E-state index in [1.165, 1.54) is 42.5 Å². The summed E-state index contributed by atoms with van der Waals surface area (Å²) in [5.74, 6) is -0.266. The molecule has 7 heteroatoms. The van der Waals surface area contributed by atoms with Crippen molar-refractivity contribution >= 4 is 27.4 Å². The molecule has 1 amide bonds. The van der Waals surface area contributed by atoms with Crippen LogP contribution < -0.4 is 5.32 Å². The lowest BCUT2D eigenvalue weighted by Crippen LogP contribution is -2.28. The van der Waals surface area contributed by atoms with Crippen LogP contribution in [0.25, 0.3) is 0 Å². The van der Waals surface area contributed by atoms with Crippen molar-refractivity contribution < 1.29 is 18.0 Å². The molecule has 0 heterocycles. The van der Waals surface area contributed by atoms with Gasteiger partial charge in [0.2, 0.25) is 15.9 Å². The highest BCUT2D eigenvalue weighted by Gasteiger charge is 2.20. The highest BCUT2D eigenvalue weighted by Crippen LogP contribution is 2.18. The Bertz CT molecular complexity index is 966. The maximum absolute atomic E-state index is 12.6. The molecule has 0 aliphatic heterocycles. The van der Waals surface area contributed by atoms with Gasteiger partial charge >= 0.3 is 0 Å². The summed E-state index contributed by atoms with van der Waals surface area (Å²) in [6.07, 6.45) is 0.620. The minimum Gasteiger partial charge on any atom is -0.326 e. The zero-order chi connectivity index (χ0) is 20.9. The number of carbonyl (C=O) groups excluding carboxylic acids is 2. The van der Waals surface area contributed by atoms with Crippen LogP contribution in [0, 0.1) is 13.8 Å². The third kappa shape index (κ3) is 5.50. The number of carbonyl (C=O) groups is 2. The molecule has 2 aromatic carbocycles. The number of rotatable bonds is 8. The molecule has 6 nitrogen and oxygen atoms in total. The van der Waals surface area contributed by atoms with E-state index in [-0.39, 0.29) is 29.6 Å². The molecule has 0 aliphatic rings. The molecule has 1 N–H and O–H groups in total. The van der Waals surface area contributed by atoms with Crippen LogP contribution in [0.15, 0.2) is 47.4 Å². The van der Waals surface area contributed by atoms with Crippen LogP contribution in [0.1, 0.15) is 41.3 Å². The number of aryl methyl sites for hydroxylation is 2. The fourth-order valence-corrected chi connectivity index (χ4v) is 3.92. The Balaban J connectivity index is 1.91. The molecule has 0 aliphatic carbocycles. The number of hydrogen-bond acceptors (Lipinski definition) is 4. The lowest BCUT2D eigenvalue weighted by atomic mass is 10.1. The van der Waals surface area contributed by atoms with Crippen molar-refractivity contribution in [3.63, 3.8) is 0 Å². The summed E-state index contributed by atoms with van der Waals surface area (Å²) in [4.78, 5) is 23.6. The number of anilines is 1. The van der Waals surface area contributed by atoms with Gasteiger partial charge in [0.15, 0.2) is 5.78 Å². The predicted octanol–water partition coefficient (Wildman–Crippen LogP) is 3.55. The minimum atomic E-state index is -3.66. The van der Waals surface area contributed by atoms with Gasteiger partial charge in [0.25, 0.3) is 0 Å². The second-order valence-electron chi connectivity index (χ2n) is 6.88. The summed E-state index contributed by atoms with van der Waals surface area (Å²) < 4.78 is 26.4. The van der Waals surface area contributed by atoms with Gasteiger partial charge in [-0.3, -0.25) is 9.59 Å². The third-order valence-corrected chi connectivity index (χ3v) is 6.38. The molecule has 0 bridgehead atoms. The predicted molar refractivity (Wildman–Crippen MR) is 110 cm³/mol. The van der Waals surface area contributed by atoms with E-state index in [4.69, 9.17) is 0 Å². The molecule has 0 unspecified atom stereocenters. The molecule has 0 atom stereocenters. The average Bonchev–Trinajstić information content (AvgIpc) is 2.64. The summed E-state index contributed by atoms with van der Waals surface area (Å²) in [6.45, 7) is 5.53. The van der Waals surface area contributed by atoms with E-state index in [0.29, 0.717) is 12.0 Å². The molecule has 150 valence electrons. The summed E-state index contributed by atoms with van der Waals surface area (Å²) in [7, 11) is -2.18. The van der Waals surface area contributed by atoms with Crippen LogP contribution in [0.5, 0.6) is 0 Å². The standard InChI is InChI=1S/C21H26N2O4S/c1-15-7-8-16(2)20(14-15)22-21(25)6-5-13-23(4)28(26,27)19-11-9-18(10-12-19)17(3)24/h7-12,14H,5-6,13H2,1-4H3,(H,22,25). The van der Waals surface area contributed by atoms with Crippen molar-refractivity contribution in [3.8, 4) is 0 Å². The molecular formula is C21H26N2O4S. The first-order chi connectivity index (χ1) is 13.1. The van der Waals surface area contributed by atoms with Gasteiger partial charge in [-0.1, -0.05) is 24.3 Å². The molecular weight excluding hydrogens is 376 g/mol. The van der Waals surface area contributed by atoms with Crippen molar-refractivity contribution in [2.75, 3.05) is 18.9 Å². The van der Waals surface area contributed by atoms with Crippen LogP contribution in [-0.4, -0.2) is 38.0 Å².